The Morgan fingerprint density at radius 3 is 2.67 bits per heavy atom. The molecule has 1 amide bonds. The van der Waals surface area contributed by atoms with E-state index < -0.39 is 0 Å². The summed E-state index contributed by atoms with van der Waals surface area (Å²) in [7, 11) is 0. The predicted molar refractivity (Wildman–Crippen MR) is 70.4 cm³/mol. The summed E-state index contributed by atoms with van der Waals surface area (Å²) < 4.78 is 0. The Hall–Kier alpha value is -2.14. The Morgan fingerprint density at radius 2 is 2.06 bits per heavy atom. The molecule has 18 heavy (non-hydrogen) atoms. The van der Waals surface area contributed by atoms with Crippen molar-refractivity contribution in [1.29, 1.82) is 0 Å². The maximum absolute atomic E-state index is 12.3. The zero-order valence-electron chi connectivity index (χ0n) is 10.0. The highest BCUT2D eigenvalue weighted by Gasteiger charge is 2.17. The van der Waals surface area contributed by atoms with Gasteiger partial charge in [-0.1, -0.05) is 18.2 Å². The Balaban J connectivity index is 2.23. The fourth-order valence-corrected chi connectivity index (χ4v) is 1.73. The molecule has 0 bridgehead atoms. The van der Waals surface area contributed by atoms with Crippen LogP contribution in [0.5, 0.6) is 0 Å². The number of benzene rings is 1. The number of aromatic nitrogens is 2. The first-order valence-corrected chi connectivity index (χ1v) is 5.89. The van der Waals surface area contributed by atoms with E-state index in [0.29, 0.717) is 18.8 Å². The van der Waals surface area contributed by atoms with Crippen molar-refractivity contribution in [2.24, 2.45) is 5.73 Å². The second-order valence-corrected chi connectivity index (χ2v) is 3.90. The average Bonchev–Trinajstić information content (AvgIpc) is 2.94. The Morgan fingerprint density at radius 1 is 1.28 bits per heavy atom. The van der Waals surface area contributed by atoms with Crippen molar-refractivity contribution in [3.05, 3.63) is 48.3 Å². The van der Waals surface area contributed by atoms with E-state index in [9.17, 15) is 4.79 Å². The fourth-order valence-electron chi connectivity index (χ4n) is 1.73. The summed E-state index contributed by atoms with van der Waals surface area (Å²) in [5, 5.41) is 6.49. The van der Waals surface area contributed by atoms with Gasteiger partial charge in [-0.25, -0.2) is 0 Å². The van der Waals surface area contributed by atoms with Crippen molar-refractivity contribution in [3.63, 3.8) is 0 Å². The van der Waals surface area contributed by atoms with Crippen molar-refractivity contribution in [3.8, 4) is 0 Å². The van der Waals surface area contributed by atoms with Crippen LogP contribution in [0.4, 0.5) is 5.69 Å². The summed E-state index contributed by atoms with van der Waals surface area (Å²) in [4.78, 5) is 14.0. The number of nitrogens with zero attached hydrogens (tertiary/aromatic N) is 2. The van der Waals surface area contributed by atoms with E-state index in [1.54, 1.807) is 17.2 Å². The van der Waals surface area contributed by atoms with Crippen LogP contribution in [0.15, 0.2) is 42.6 Å². The molecule has 3 N–H and O–H groups in total. The van der Waals surface area contributed by atoms with Crippen molar-refractivity contribution in [2.75, 3.05) is 18.0 Å². The lowest BCUT2D eigenvalue weighted by Gasteiger charge is -2.21. The van der Waals surface area contributed by atoms with Gasteiger partial charge in [-0.05, 0) is 31.2 Å². The van der Waals surface area contributed by atoms with Gasteiger partial charge in [-0.2, -0.15) is 5.10 Å². The normalized spacial score (nSPS) is 10.3. The summed E-state index contributed by atoms with van der Waals surface area (Å²) in [6, 6.07) is 11.2. The maximum Gasteiger partial charge on any atom is 0.276 e. The predicted octanol–water partition coefficient (Wildman–Crippen LogP) is 1.41. The lowest BCUT2D eigenvalue weighted by atomic mass is 10.2. The van der Waals surface area contributed by atoms with Crippen LogP contribution < -0.4 is 10.6 Å². The van der Waals surface area contributed by atoms with E-state index >= 15 is 0 Å². The minimum atomic E-state index is -0.0906. The molecule has 0 radical (unpaired) electrons. The van der Waals surface area contributed by atoms with Crippen molar-refractivity contribution in [2.45, 2.75) is 6.42 Å². The monoisotopic (exact) mass is 244 g/mol. The number of amides is 1. The van der Waals surface area contributed by atoms with Crippen LogP contribution >= 0.6 is 0 Å². The molecule has 5 heteroatoms. The van der Waals surface area contributed by atoms with E-state index in [4.69, 9.17) is 5.73 Å². The molecule has 0 unspecified atom stereocenters. The first kappa shape index (κ1) is 12.3. The van der Waals surface area contributed by atoms with Crippen LogP contribution in [0.25, 0.3) is 0 Å². The molecule has 2 rings (SSSR count). The third-order valence-corrected chi connectivity index (χ3v) is 2.63. The van der Waals surface area contributed by atoms with Gasteiger partial charge in [0.25, 0.3) is 5.91 Å². The minimum absolute atomic E-state index is 0.0906. The van der Waals surface area contributed by atoms with Crippen LogP contribution in [0.1, 0.15) is 16.9 Å². The van der Waals surface area contributed by atoms with Crippen LogP contribution in [-0.2, 0) is 0 Å². The van der Waals surface area contributed by atoms with E-state index in [0.717, 1.165) is 12.1 Å². The number of para-hydroxylation sites is 1. The standard InChI is InChI=1S/C13H16N4O/c14-8-4-10-17(11-5-2-1-3-6-11)13(18)12-7-9-15-16-12/h1-3,5-7,9H,4,8,10,14H2,(H,15,16). The molecule has 2 aromatic rings. The third-order valence-electron chi connectivity index (χ3n) is 2.63. The molecule has 0 aliphatic heterocycles. The van der Waals surface area contributed by atoms with Gasteiger partial charge < -0.3 is 10.6 Å². The maximum atomic E-state index is 12.3. The molecule has 0 saturated carbocycles. The van der Waals surface area contributed by atoms with Gasteiger partial charge in [0, 0.05) is 18.4 Å². The highest BCUT2D eigenvalue weighted by atomic mass is 16.2. The molecule has 5 nitrogen and oxygen atoms in total. The summed E-state index contributed by atoms with van der Waals surface area (Å²) in [6.45, 7) is 1.15. The molecule has 1 aromatic carbocycles. The smallest absolute Gasteiger partial charge is 0.276 e. The largest absolute Gasteiger partial charge is 0.330 e. The molecule has 0 spiro atoms. The number of carbonyl (C=O) groups excluding carboxylic acids is 1. The van der Waals surface area contributed by atoms with Crippen molar-refractivity contribution < 1.29 is 4.79 Å². The molecule has 0 fully saturated rings. The molecule has 0 aliphatic carbocycles. The number of H-pyrrole nitrogens is 1. The Labute approximate surface area is 106 Å². The van der Waals surface area contributed by atoms with Crippen molar-refractivity contribution >= 4 is 11.6 Å². The van der Waals surface area contributed by atoms with Crippen LogP contribution in [0.2, 0.25) is 0 Å². The molecule has 0 atom stereocenters. The zero-order chi connectivity index (χ0) is 12.8. The second kappa shape index (κ2) is 5.97. The highest BCUT2D eigenvalue weighted by Crippen LogP contribution is 2.16. The number of nitrogens with two attached hydrogens (primary N) is 1. The first-order valence-electron chi connectivity index (χ1n) is 5.89. The van der Waals surface area contributed by atoms with Crippen LogP contribution in [0.3, 0.4) is 0 Å². The Bertz CT molecular complexity index is 481. The quantitative estimate of drug-likeness (QED) is 0.835. The second-order valence-electron chi connectivity index (χ2n) is 3.90. The number of aromatic amines is 1. The molecular weight excluding hydrogens is 228 g/mol. The molecular formula is C13H16N4O. The number of rotatable bonds is 5. The molecule has 0 saturated heterocycles. The van der Waals surface area contributed by atoms with Gasteiger partial charge >= 0.3 is 0 Å². The number of nitrogens with one attached hydrogen (secondary N) is 1. The lowest BCUT2D eigenvalue weighted by molar-refractivity contribution is 0.0982. The topological polar surface area (TPSA) is 75.0 Å². The summed E-state index contributed by atoms with van der Waals surface area (Å²) in [5.74, 6) is -0.0906. The van der Waals surface area contributed by atoms with Crippen LogP contribution in [0, 0.1) is 0 Å². The van der Waals surface area contributed by atoms with Crippen molar-refractivity contribution in [1.82, 2.24) is 10.2 Å². The third kappa shape index (κ3) is 2.75. The van der Waals surface area contributed by atoms with Gasteiger partial charge in [0.1, 0.15) is 5.69 Å². The molecule has 1 aromatic heterocycles. The minimum Gasteiger partial charge on any atom is -0.330 e. The van der Waals surface area contributed by atoms with E-state index in [-0.39, 0.29) is 5.91 Å². The average molecular weight is 244 g/mol. The number of hydrogen-bond acceptors (Lipinski definition) is 3. The molecule has 94 valence electrons. The summed E-state index contributed by atoms with van der Waals surface area (Å²) in [6.07, 6.45) is 2.33. The molecule has 0 aliphatic rings. The lowest BCUT2D eigenvalue weighted by Crippen LogP contribution is -2.33. The number of carbonyl (C=O) groups is 1. The number of hydrogen-bond donors (Lipinski definition) is 2. The van der Waals surface area contributed by atoms with Gasteiger partial charge in [-0.3, -0.25) is 9.89 Å². The molecule has 1 heterocycles. The van der Waals surface area contributed by atoms with E-state index in [1.165, 1.54) is 0 Å². The highest BCUT2D eigenvalue weighted by molar-refractivity contribution is 6.04. The van der Waals surface area contributed by atoms with Gasteiger partial charge in [0.15, 0.2) is 0 Å². The fraction of sp³-hybridized carbons (Fsp3) is 0.231. The van der Waals surface area contributed by atoms with Gasteiger partial charge in [0.05, 0.1) is 0 Å². The number of anilines is 1. The van der Waals surface area contributed by atoms with Gasteiger partial charge in [0.2, 0.25) is 0 Å². The van der Waals surface area contributed by atoms with E-state index in [2.05, 4.69) is 10.2 Å². The van der Waals surface area contributed by atoms with E-state index in [1.807, 2.05) is 30.3 Å². The zero-order valence-corrected chi connectivity index (χ0v) is 10.0. The summed E-state index contributed by atoms with van der Waals surface area (Å²) >= 11 is 0. The first-order chi connectivity index (χ1) is 8.83. The Kier molecular flexibility index (Phi) is 4.09. The van der Waals surface area contributed by atoms with Gasteiger partial charge in [-0.15, -0.1) is 0 Å². The SMILES string of the molecule is NCCCN(C(=O)c1ccn[nH]1)c1ccccc1. The summed E-state index contributed by atoms with van der Waals surface area (Å²) in [5.41, 5.74) is 6.86. The van der Waals surface area contributed by atoms with Crippen LogP contribution in [-0.4, -0.2) is 29.2 Å².